The lowest BCUT2D eigenvalue weighted by atomic mass is 10.1. The van der Waals surface area contributed by atoms with Crippen molar-refractivity contribution in [3.63, 3.8) is 0 Å². The van der Waals surface area contributed by atoms with E-state index in [1.54, 1.807) is 12.3 Å². The van der Waals surface area contributed by atoms with Crippen LogP contribution in [0.5, 0.6) is 0 Å². The number of hydrogen-bond acceptors (Lipinski definition) is 5. The summed E-state index contributed by atoms with van der Waals surface area (Å²) in [6.07, 6.45) is 3.57. The maximum Gasteiger partial charge on any atom is 0.313 e. The topological polar surface area (TPSA) is 77.6 Å². The lowest BCUT2D eigenvalue weighted by Gasteiger charge is -2.40. The van der Waals surface area contributed by atoms with Gasteiger partial charge in [0.25, 0.3) is 0 Å². The van der Waals surface area contributed by atoms with Crippen molar-refractivity contribution in [2.75, 3.05) is 42.9 Å². The number of carbonyl (C=O) groups excluding carboxylic acids is 2. The summed E-state index contributed by atoms with van der Waals surface area (Å²) in [6, 6.07) is 19.9. The van der Waals surface area contributed by atoms with Gasteiger partial charge in [0, 0.05) is 56.5 Å². The van der Waals surface area contributed by atoms with E-state index in [0.29, 0.717) is 12.2 Å². The molecule has 4 rings (SSSR count). The Hall–Kier alpha value is -3.71. The second kappa shape index (κ2) is 10.9. The number of benzene rings is 2. The Morgan fingerprint density at radius 1 is 0.912 bits per heavy atom. The highest BCUT2D eigenvalue weighted by molar-refractivity contribution is 6.39. The molecule has 176 valence electrons. The average molecular weight is 458 g/mol. The van der Waals surface area contributed by atoms with Gasteiger partial charge in [0.2, 0.25) is 0 Å². The van der Waals surface area contributed by atoms with Crippen LogP contribution >= 0.6 is 0 Å². The minimum atomic E-state index is -0.660. The number of aryl methyl sites for hydroxylation is 1. The van der Waals surface area contributed by atoms with Crippen molar-refractivity contribution in [1.82, 2.24) is 15.2 Å². The summed E-state index contributed by atoms with van der Waals surface area (Å²) in [6.45, 7) is 7.70. The standard InChI is InChI=1S/C27H31N5O2/c1-20-8-6-12-24(21(20)2)30-27(34)26(33)29-19-25(22-9-7-13-28-18-22)32-16-14-31(15-17-32)23-10-4-3-5-11-23/h3-13,18,25H,14-17,19H2,1-2H3,(H,29,33)(H,30,34). The minimum absolute atomic E-state index is 0.0657. The number of piperazine rings is 1. The highest BCUT2D eigenvalue weighted by Gasteiger charge is 2.27. The molecule has 1 aromatic heterocycles. The molecule has 2 aromatic carbocycles. The largest absolute Gasteiger partial charge is 0.369 e. The van der Waals surface area contributed by atoms with Crippen molar-refractivity contribution in [3.8, 4) is 0 Å². The van der Waals surface area contributed by atoms with E-state index in [1.807, 2.05) is 50.4 Å². The molecule has 0 saturated carbocycles. The zero-order valence-corrected chi connectivity index (χ0v) is 19.7. The molecule has 1 unspecified atom stereocenters. The second-order valence-electron chi connectivity index (χ2n) is 8.57. The smallest absolute Gasteiger partial charge is 0.313 e. The van der Waals surface area contributed by atoms with E-state index in [-0.39, 0.29) is 6.04 Å². The van der Waals surface area contributed by atoms with Gasteiger partial charge >= 0.3 is 11.8 Å². The number of nitrogens with zero attached hydrogens (tertiary/aromatic N) is 3. The fourth-order valence-electron chi connectivity index (χ4n) is 4.30. The van der Waals surface area contributed by atoms with E-state index in [9.17, 15) is 9.59 Å². The molecule has 3 aromatic rings. The molecule has 7 heteroatoms. The Morgan fingerprint density at radius 3 is 2.38 bits per heavy atom. The molecule has 7 nitrogen and oxygen atoms in total. The van der Waals surface area contributed by atoms with E-state index < -0.39 is 11.8 Å². The van der Waals surface area contributed by atoms with Gasteiger partial charge in [-0.2, -0.15) is 0 Å². The third-order valence-corrected chi connectivity index (χ3v) is 6.46. The predicted molar refractivity (Wildman–Crippen MR) is 135 cm³/mol. The summed E-state index contributed by atoms with van der Waals surface area (Å²) in [4.78, 5) is 34.2. The van der Waals surface area contributed by atoms with E-state index in [2.05, 4.69) is 49.7 Å². The van der Waals surface area contributed by atoms with E-state index in [1.165, 1.54) is 5.69 Å². The molecule has 0 radical (unpaired) electrons. The summed E-state index contributed by atoms with van der Waals surface area (Å²) in [5, 5.41) is 5.58. The van der Waals surface area contributed by atoms with Gasteiger partial charge in [-0.05, 0) is 54.8 Å². The number of anilines is 2. The Kier molecular flexibility index (Phi) is 7.54. The summed E-state index contributed by atoms with van der Waals surface area (Å²) in [7, 11) is 0. The van der Waals surface area contributed by atoms with E-state index >= 15 is 0 Å². The van der Waals surface area contributed by atoms with Gasteiger partial charge < -0.3 is 15.5 Å². The maximum atomic E-state index is 12.6. The number of carbonyl (C=O) groups is 2. The molecule has 0 aliphatic carbocycles. The van der Waals surface area contributed by atoms with Gasteiger partial charge in [0.15, 0.2) is 0 Å². The molecule has 1 aliphatic heterocycles. The highest BCUT2D eigenvalue weighted by atomic mass is 16.2. The molecular formula is C27H31N5O2. The number of amides is 2. The zero-order valence-electron chi connectivity index (χ0n) is 19.7. The zero-order chi connectivity index (χ0) is 23.9. The van der Waals surface area contributed by atoms with Crippen molar-refractivity contribution < 1.29 is 9.59 Å². The summed E-state index contributed by atoms with van der Waals surface area (Å²) < 4.78 is 0. The van der Waals surface area contributed by atoms with Crippen LogP contribution in [0, 0.1) is 13.8 Å². The van der Waals surface area contributed by atoms with Crippen LogP contribution in [-0.4, -0.2) is 54.4 Å². The van der Waals surface area contributed by atoms with Crippen LogP contribution in [0.1, 0.15) is 22.7 Å². The van der Waals surface area contributed by atoms with Gasteiger partial charge in [-0.25, -0.2) is 0 Å². The maximum absolute atomic E-state index is 12.6. The SMILES string of the molecule is Cc1cccc(NC(=O)C(=O)NCC(c2cccnc2)N2CCN(c3ccccc3)CC2)c1C. The van der Waals surface area contributed by atoms with Crippen LogP contribution in [0.4, 0.5) is 11.4 Å². The molecule has 1 atom stereocenters. The third-order valence-electron chi connectivity index (χ3n) is 6.46. The second-order valence-corrected chi connectivity index (χ2v) is 8.57. The minimum Gasteiger partial charge on any atom is -0.369 e. The average Bonchev–Trinajstić information content (AvgIpc) is 2.88. The van der Waals surface area contributed by atoms with Crippen LogP contribution in [0.2, 0.25) is 0 Å². The number of para-hydroxylation sites is 1. The monoisotopic (exact) mass is 457 g/mol. The summed E-state index contributed by atoms with van der Waals surface area (Å²) >= 11 is 0. The van der Waals surface area contributed by atoms with Crippen molar-refractivity contribution in [1.29, 1.82) is 0 Å². The van der Waals surface area contributed by atoms with Gasteiger partial charge in [0.05, 0.1) is 6.04 Å². The Bertz CT molecular complexity index is 1110. The first-order valence-corrected chi connectivity index (χ1v) is 11.6. The molecule has 1 fully saturated rings. The first-order valence-electron chi connectivity index (χ1n) is 11.6. The molecule has 2 amide bonds. The predicted octanol–water partition coefficient (Wildman–Crippen LogP) is 3.32. The molecule has 0 spiro atoms. The number of pyridine rings is 1. The first-order chi connectivity index (χ1) is 16.5. The Morgan fingerprint density at radius 2 is 1.68 bits per heavy atom. The van der Waals surface area contributed by atoms with Crippen molar-refractivity contribution >= 4 is 23.2 Å². The van der Waals surface area contributed by atoms with E-state index in [0.717, 1.165) is 42.9 Å². The quantitative estimate of drug-likeness (QED) is 0.556. The number of aromatic nitrogens is 1. The molecule has 2 N–H and O–H groups in total. The van der Waals surface area contributed by atoms with Crippen molar-refractivity contribution in [2.45, 2.75) is 19.9 Å². The first kappa shape index (κ1) is 23.4. The van der Waals surface area contributed by atoms with Crippen LogP contribution < -0.4 is 15.5 Å². The van der Waals surface area contributed by atoms with Crippen LogP contribution in [-0.2, 0) is 9.59 Å². The van der Waals surface area contributed by atoms with Crippen LogP contribution in [0.15, 0.2) is 73.1 Å². The summed E-state index contributed by atoms with van der Waals surface area (Å²) in [5.41, 5.74) is 4.90. The molecule has 0 bridgehead atoms. The highest BCUT2D eigenvalue weighted by Crippen LogP contribution is 2.23. The van der Waals surface area contributed by atoms with Crippen LogP contribution in [0.3, 0.4) is 0 Å². The lowest BCUT2D eigenvalue weighted by Crippen LogP contribution is -2.50. The van der Waals surface area contributed by atoms with Gasteiger partial charge in [0.1, 0.15) is 0 Å². The normalized spacial score (nSPS) is 14.9. The number of hydrogen-bond donors (Lipinski definition) is 2. The van der Waals surface area contributed by atoms with Gasteiger partial charge in [-0.15, -0.1) is 0 Å². The number of nitrogens with one attached hydrogen (secondary N) is 2. The lowest BCUT2D eigenvalue weighted by molar-refractivity contribution is -0.136. The Balaban J connectivity index is 1.39. The molecule has 1 aliphatic rings. The van der Waals surface area contributed by atoms with E-state index in [4.69, 9.17) is 0 Å². The fraction of sp³-hybridized carbons (Fsp3) is 0.296. The summed E-state index contributed by atoms with van der Waals surface area (Å²) in [5.74, 6) is -1.30. The molecule has 2 heterocycles. The van der Waals surface area contributed by atoms with Gasteiger partial charge in [-0.3, -0.25) is 19.5 Å². The Labute approximate surface area is 200 Å². The van der Waals surface area contributed by atoms with Gasteiger partial charge in [-0.1, -0.05) is 36.4 Å². The third kappa shape index (κ3) is 5.61. The van der Waals surface area contributed by atoms with Crippen molar-refractivity contribution in [3.05, 3.63) is 89.7 Å². The molecule has 1 saturated heterocycles. The fourth-order valence-corrected chi connectivity index (χ4v) is 4.30. The number of rotatable bonds is 6. The molecular weight excluding hydrogens is 426 g/mol. The molecule has 34 heavy (non-hydrogen) atoms. The van der Waals surface area contributed by atoms with Crippen molar-refractivity contribution in [2.24, 2.45) is 0 Å². The van der Waals surface area contributed by atoms with Crippen LogP contribution in [0.25, 0.3) is 0 Å².